The van der Waals surface area contributed by atoms with E-state index in [2.05, 4.69) is 19.7 Å². The van der Waals surface area contributed by atoms with E-state index < -0.39 is 10.2 Å². The van der Waals surface area contributed by atoms with Crippen LogP contribution in [0.5, 0.6) is 0 Å². The highest BCUT2D eigenvalue weighted by molar-refractivity contribution is 7.87. The molecular weight excluding hydrogens is 280 g/mol. The summed E-state index contributed by atoms with van der Waals surface area (Å²) in [6.45, 7) is 0.725. The van der Waals surface area contributed by atoms with Gasteiger partial charge in [-0.15, -0.1) is 0 Å². The summed E-state index contributed by atoms with van der Waals surface area (Å²) in [6, 6.07) is 0. The van der Waals surface area contributed by atoms with Gasteiger partial charge in [0, 0.05) is 52.0 Å². The van der Waals surface area contributed by atoms with Crippen LogP contribution in [-0.4, -0.2) is 52.9 Å². The molecule has 0 aromatic carbocycles. The van der Waals surface area contributed by atoms with Crippen LogP contribution in [0.25, 0.3) is 11.5 Å². The topological polar surface area (TPSA) is 93.0 Å². The number of hydrogen-bond acceptors (Lipinski definition) is 5. The Hall–Kier alpha value is -1.84. The number of aromatic nitrogens is 4. The third kappa shape index (κ3) is 3.38. The minimum absolute atomic E-state index is 0.268. The zero-order valence-corrected chi connectivity index (χ0v) is 12.1. The van der Waals surface area contributed by atoms with Crippen LogP contribution in [0.15, 0.2) is 31.0 Å². The van der Waals surface area contributed by atoms with Gasteiger partial charge in [-0.2, -0.15) is 12.7 Å². The molecule has 2 heterocycles. The number of hydrogen-bond donors (Lipinski definition) is 1. The first-order chi connectivity index (χ1) is 9.50. The summed E-state index contributed by atoms with van der Waals surface area (Å²) in [5.41, 5.74) is 0.646. The Kier molecular flexibility index (Phi) is 4.42. The molecule has 1 N–H and O–H groups in total. The molecule has 8 nitrogen and oxygen atoms in total. The lowest BCUT2D eigenvalue weighted by Gasteiger charge is -2.13. The van der Waals surface area contributed by atoms with Crippen molar-refractivity contribution in [2.75, 3.05) is 20.6 Å². The smallest absolute Gasteiger partial charge is 0.278 e. The highest BCUT2D eigenvalue weighted by Crippen LogP contribution is 2.12. The van der Waals surface area contributed by atoms with Crippen molar-refractivity contribution in [2.45, 2.75) is 6.54 Å². The molecule has 20 heavy (non-hydrogen) atoms. The zero-order valence-electron chi connectivity index (χ0n) is 11.3. The van der Waals surface area contributed by atoms with Crippen LogP contribution in [0.4, 0.5) is 0 Å². The maximum absolute atomic E-state index is 11.6. The first kappa shape index (κ1) is 14.6. The molecule has 0 aliphatic heterocycles. The van der Waals surface area contributed by atoms with Crippen LogP contribution in [-0.2, 0) is 16.8 Å². The average Bonchev–Trinajstić information content (AvgIpc) is 2.88. The van der Waals surface area contributed by atoms with Crippen LogP contribution < -0.4 is 4.72 Å². The van der Waals surface area contributed by atoms with Crippen molar-refractivity contribution in [3.8, 4) is 11.5 Å². The second-order valence-electron chi connectivity index (χ2n) is 4.22. The summed E-state index contributed by atoms with van der Waals surface area (Å²) in [5.74, 6) is 0.655. The summed E-state index contributed by atoms with van der Waals surface area (Å²) in [4.78, 5) is 12.4. The van der Waals surface area contributed by atoms with Gasteiger partial charge < -0.3 is 4.57 Å². The Morgan fingerprint density at radius 3 is 2.70 bits per heavy atom. The molecule has 108 valence electrons. The second-order valence-corrected chi connectivity index (χ2v) is 6.19. The third-order valence-corrected chi connectivity index (χ3v) is 4.16. The summed E-state index contributed by atoms with van der Waals surface area (Å²) in [6.07, 6.45) is 8.20. The first-order valence-corrected chi connectivity index (χ1v) is 7.39. The maximum Gasteiger partial charge on any atom is 0.278 e. The molecule has 0 unspecified atom stereocenters. The van der Waals surface area contributed by atoms with Gasteiger partial charge in [-0.3, -0.25) is 4.98 Å². The van der Waals surface area contributed by atoms with Gasteiger partial charge in [0.1, 0.15) is 5.69 Å². The van der Waals surface area contributed by atoms with Gasteiger partial charge in [-0.1, -0.05) is 0 Å². The fraction of sp³-hybridized carbons (Fsp3) is 0.364. The molecule has 0 fully saturated rings. The summed E-state index contributed by atoms with van der Waals surface area (Å²) in [5, 5.41) is 0. The van der Waals surface area contributed by atoms with Gasteiger partial charge >= 0.3 is 0 Å². The van der Waals surface area contributed by atoms with Gasteiger partial charge in [-0.25, -0.2) is 14.7 Å². The first-order valence-electron chi connectivity index (χ1n) is 5.95. The predicted octanol–water partition coefficient (Wildman–Crippen LogP) is -0.264. The Morgan fingerprint density at radius 1 is 1.25 bits per heavy atom. The van der Waals surface area contributed by atoms with Gasteiger partial charge in [0.25, 0.3) is 10.2 Å². The summed E-state index contributed by atoms with van der Waals surface area (Å²) < 4.78 is 28.6. The van der Waals surface area contributed by atoms with Crippen LogP contribution in [0.2, 0.25) is 0 Å². The molecule has 0 aliphatic carbocycles. The molecule has 0 saturated carbocycles. The molecule has 0 aliphatic rings. The maximum atomic E-state index is 11.6. The molecule has 0 amide bonds. The number of nitrogens with one attached hydrogen (secondary N) is 1. The molecule has 2 rings (SSSR count). The molecule has 0 spiro atoms. The van der Waals surface area contributed by atoms with Crippen LogP contribution in [0.1, 0.15) is 0 Å². The molecule has 0 saturated heterocycles. The zero-order chi connectivity index (χ0) is 14.6. The van der Waals surface area contributed by atoms with Crippen molar-refractivity contribution in [2.24, 2.45) is 0 Å². The highest BCUT2D eigenvalue weighted by Gasteiger charge is 2.12. The molecular formula is C11H16N6O2S. The molecule has 0 radical (unpaired) electrons. The van der Waals surface area contributed by atoms with Gasteiger partial charge in [0.2, 0.25) is 0 Å². The monoisotopic (exact) mass is 296 g/mol. The van der Waals surface area contributed by atoms with Crippen LogP contribution >= 0.6 is 0 Å². The normalized spacial score (nSPS) is 11.9. The van der Waals surface area contributed by atoms with E-state index in [-0.39, 0.29) is 6.54 Å². The summed E-state index contributed by atoms with van der Waals surface area (Å²) in [7, 11) is -0.454. The molecule has 0 bridgehead atoms. The van der Waals surface area contributed by atoms with E-state index >= 15 is 0 Å². The van der Waals surface area contributed by atoms with Crippen molar-refractivity contribution >= 4 is 10.2 Å². The van der Waals surface area contributed by atoms with E-state index in [0.29, 0.717) is 18.1 Å². The van der Waals surface area contributed by atoms with E-state index in [0.717, 1.165) is 4.31 Å². The molecule has 2 aromatic rings. The molecule has 2 aromatic heterocycles. The minimum atomic E-state index is -3.41. The molecule has 0 atom stereocenters. The molecule has 9 heteroatoms. The lowest BCUT2D eigenvalue weighted by atomic mass is 10.4. The number of rotatable bonds is 6. The highest BCUT2D eigenvalue weighted by atomic mass is 32.2. The van der Waals surface area contributed by atoms with Gasteiger partial charge in [0.05, 0.1) is 6.20 Å². The Balaban J connectivity index is 2.04. The Bertz CT molecular complexity index is 653. The van der Waals surface area contributed by atoms with Crippen LogP contribution in [0, 0.1) is 0 Å². The predicted molar refractivity (Wildman–Crippen MR) is 73.9 cm³/mol. The lowest BCUT2D eigenvalue weighted by molar-refractivity contribution is 0.501. The quantitative estimate of drug-likeness (QED) is 0.792. The van der Waals surface area contributed by atoms with E-state index in [1.807, 2.05) is 4.57 Å². The van der Waals surface area contributed by atoms with Gasteiger partial charge in [0.15, 0.2) is 5.82 Å². The van der Waals surface area contributed by atoms with Crippen molar-refractivity contribution in [3.63, 3.8) is 0 Å². The Morgan fingerprint density at radius 2 is 2.05 bits per heavy atom. The SMILES string of the molecule is CN(C)S(=O)(=O)NCCn1ccnc1-c1cnccn1. The Labute approximate surface area is 117 Å². The second kappa shape index (κ2) is 6.07. The number of imidazole rings is 1. The van der Waals surface area contributed by atoms with Crippen molar-refractivity contribution in [1.29, 1.82) is 0 Å². The fourth-order valence-corrected chi connectivity index (χ4v) is 2.17. The van der Waals surface area contributed by atoms with E-state index in [1.54, 1.807) is 31.0 Å². The standard InChI is InChI=1S/C11H16N6O2S/c1-16(2)20(18,19)15-6-8-17-7-5-14-11(17)10-9-12-3-4-13-10/h3-5,7,9,15H,6,8H2,1-2H3. The van der Waals surface area contributed by atoms with E-state index in [1.165, 1.54) is 14.1 Å². The van der Waals surface area contributed by atoms with E-state index in [4.69, 9.17) is 0 Å². The van der Waals surface area contributed by atoms with Crippen molar-refractivity contribution in [3.05, 3.63) is 31.0 Å². The average molecular weight is 296 g/mol. The minimum Gasteiger partial charge on any atom is -0.328 e. The number of nitrogens with zero attached hydrogens (tertiary/aromatic N) is 5. The third-order valence-electron chi connectivity index (χ3n) is 2.63. The van der Waals surface area contributed by atoms with Crippen molar-refractivity contribution in [1.82, 2.24) is 28.5 Å². The fourth-order valence-electron chi connectivity index (χ4n) is 1.56. The van der Waals surface area contributed by atoms with E-state index in [9.17, 15) is 8.42 Å². The summed E-state index contributed by atoms with van der Waals surface area (Å²) >= 11 is 0. The van der Waals surface area contributed by atoms with Crippen LogP contribution in [0.3, 0.4) is 0 Å². The largest absolute Gasteiger partial charge is 0.328 e. The van der Waals surface area contributed by atoms with Crippen molar-refractivity contribution < 1.29 is 8.42 Å². The van der Waals surface area contributed by atoms with Gasteiger partial charge in [-0.05, 0) is 0 Å². The lowest BCUT2D eigenvalue weighted by Crippen LogP contribution is -2.37.